The third-order valence-corrected chi connectivity index (χ3v) is 5.11. The molecule has 4 nitrogen and oxygen atoms in total. The number of benzene rings is 2. The highest BCUT2D eigenvalue weighted by Gasteiger charge is 2.22. The summed E-state index contributed by atoms with van der Waals surface area (Å²) in [5.74, 6) is -0.699. The summed E-state index contributed by atoms with van der Waals surface area (Å²) in [4.78, 5) is 12.4. The molecule has 0 aromatic heterocycles. The number of esters is 1. The summed E-state index contributed by atoms with van der Waals surface area (Å²) in [7, 11) is 1.18. The van der Waals surface area contributed by atoms with Crippen LogP contribution in [0.25, 0.3) is 0 Å². The Balaban J connectivity index is 2.43. The molecule has 0 spiro atoms. The molecule has 0 bridgehead atoms. The van der Waals surface area contributed by atoms with E-state index in [9.17, 15) is 13.4 Å². The first-order valence-corrected chi connectivity index (χ1v) is 8.66. The monoisotopic (exact) mass is 400 g/mol. The van der Waals surface area contributed by atoms with Crippen molar-refractivity contribution in [2.45, 2.75) is 10.6 Å². The van der Waals surface area contributed by atoms with Gasteiger partial charge in [0.2, 0.25) is 0 Å². The number of hydrogen-bond acceptors (Lipinski definition) is 4. The SMILES string of the molecule is COC(=O)c1c(CS(=O)c2cccc(F)c2)ccc(Br)c1OC. The molecule has 1 unspecified atom stereocenters. The van der Waals surface area contributed by atoms with Gasteiger partial charge in [-0.3, -0.25) is 4.21 Å². The number of halogens is 2. The van der Waals surface area contributed by atoms with Crippen molar-refractivity contribution < 1.29 is 22.9 Å². The van der Waals surface area contributed by atoms with Gasteiger partial charge in [0.05, 0.1) is 35.2 Å². The minimum atomic E-state index is -1.51. The molecule has 0 aliphatic carbocycles. The molecule has 0 N–H and O–H groups in total. The molecule has 2 aromatic rings. The normalized spacial score (nSPS) is 11.8. The van der Waals surface area contributed by atoms with Crippen molar-refractivity contribution in [3.8, 4) is 5.75 Å². The molecule has 2 rings (SSSR count). The van der Waals surface area contributed by atoms with Gasteiger partial charge in [0.15, 0.2) is 0 Å². The van der Waals surface area contributed by atoms with E-state index in [0.717, 1.165) is 0 Å². The lowest BCUT2D eigenvalue weighted by atomic mass is 10.1. The van der Waals surface area contributed by atoms with Crippen LogP contribution in [0.2, 0.25) is 0 Å². The molecular weight excluding hydrogens is 387 g/mol. The molecule has 0 heterocycles. The predicted octanol–water partition coefficient (Wildman–Crippen LogP) is 3.69. The number of hydrogen-bond donors (Lipinski definition) is 0. The molecule has 0 aliphatic heterocycles. The minimum absolute atomic E-state index is 0.0392. The smallest absolute Gasteiger partial charge is 0.342 e. The Kier molecular flexibility index (Phi) is 5.90. The van der Waals surface area contributed by atoms with Crippen molar-refractivity contribution >= 4 is 32.7 Å². The fourth-order valence-corrected chi connectivity index (χ4v) is 3.73. The molecule has 122 valence electrons. The van der Waals surface area contributed by atoms with Gasteiger partial charge in [-0.25, -0.2) is 9.18 Å². The molecule has 7 heteroatoms. The zero-order valence-corrected chi connectivity index (χ0v) is 14.9. The number of ether oxygens (including phenoxy) is 2. The van der Waals surface area contributed by atoms with Crippen molar-refractivity contribution in [1.82, 2.24) is 0 Å². The Hall–Kier alpha value is -1.73. The molecule has 0 amide bonds. The van der Waals surface area contributed by atoms with E-state index in [1.165, 1.54) is 32.4 Å². The lowest BCUT2D eigenvalue weighted by molar-refractivity contribution is 0.0596. The van der Waals surface area contributed by atoms with E-state index in [0.29, 0.717) is 20.7 Å². The Morgan fingerprint density at radius 1 is 1.26 bits per heavy atom. The van der Waals surface area contributed by atoms with E-state index < -0.39 is 22.6 Å². The third kappa shape index (κ3) is 3.97. The average Bonchev–Trinajstić information content (AvgIpc) is 2.55. The van der Waals surface area contributed by atoms with Crippen molar-refractivity contribution in [2.24, 2.45) is 0 Å². The summed E-state index contributed by atoms with van der Waals surface area (Å²) >= 11 is 3.30. The summed E-state index contributed by atoms with van der Waals surface area (Å²) < 4.78 is 36.3. The maximum atomic E-state index is 13.3. The van der Waals surface area contributed by atoms with E-state index in [2.05, 4.69) is 15.9 Å². The maximum absolute atomic E-state index is 13.3. The Morgan fingerprint density at radius 2 is 2.00 bits per heavy atom. The number of carbonyl (C=O) groups excluding carboxylic acids is 1. The van der Waals surface area contributed by atoms with Crippen LogP contribution in [-0.2, 0) is 21.3 Å². The molecule has 0 saturated carbocycles. The summed E-state index contributed by atoms with van der Waals surface area (Å²) in [6, 6.07) is 8.92. The first-order chi connectivity index (χ1) is 11.0. The van der Waals surface area contributed by atoms with E-state index in [-0.39, 0.29) is 11.3 Å². The van der Waals surface area contributed by atoms with E-state index in [1.54, 1.807) is 18.2 Å². The zero-order valence-electron chi connectivity index (χ0n) is 12.5. The highest BCUT2D eigenvalue weighted by atomic mass is 79.9. The van der Waals surface area contributed by atoms with Gasteiger partial charge < -0.3 is 9.47 Å². The van der Waals surface area contributed by atoms with E-state index in [4.69, 9.17) is 9.47 Å². The van der Waals surface area contributed by atoms with Crippen molar-refractivity contribution in [3.05, 3.63) is 57.8 Å². The van der Waals surface area contributed by atoms with Crippen molar-refractivity contribution in [3.63, 3.8) is 0 Å². The molecule has 1 atom stereocenters. The van der Waals surface area contributed by atoms with Crippen LogP contribution in [0.4, 0.5) is 4.39 Å². The summed E-state index contributed by atoms with van der Waals surface area (Å²) in [5, 5.41) is 0. The Morgan fingerprint density at radius 3 is 2.61 bits per heavy atom. The van der Waals surface area contributed by atoms with Gasteiger partial charge in [0.25, 0.3) is 0 Å². The second-order valence-electron chi connectivity index (χ2n) is 4.55. The standard InChI is InChI=1S/C16H14BrFO4S/c1-21-15-13(17)7-6-10(14(15)16(19)22-2)9-23(20)12-5-3-4-11(18)8-12/h3-8H,9H2,1-2H3. The average molecular weight is 401 g/mol. The van der Waals surface area contributed by atoms with E-state index in [1.807, 2.05) is 0 Å². The van der Waals surface area contributed by atoms with Crippen LogP contribution in [0.5, 0.6) is 5.75 Å². The van der Waals surface area contributed by atoms with Gasteiger partial charge in [-0.1, -0.05) is 12.1 Å². The predicted molar refractivity (Wildman–Crippen MR) is 88.5 cm³/mol. The van der Waals surface area contributed by atoms with Crippen LogP contribution in [-0.4, -0.2) is 24.4 Å². The fourth-order valence-electron chi connectivity index (χ4n) is 2.08. The largest absolute Gasteiger partial charge is 0.495 e. The number of carbonyl (C=O) groups is 1. The van der Waals surface area contributed by atoms with Crippen LogP contribution in [0.3, 0.4) is 0 Å². The van der Waals surface area contributed by atoms with Crippen LogP contribution in [0, 0.1) is 5.82 Å². The second kappa shape index (κ2) is 7.70. The highest BCUT2D eigenvalue weighted by Crippen LogP contribution is 2.33. The van der Waals surface area contributed by atoms with Crippen LogP contribution in [0.1, 0.15) is 15.9 Å². The molecule has 0 fully saturated rings. The highest BCUT2D eigenvalue weighted by molar-refractivity contribution is 9.10. The van der Waals surface area contributed by atoms with Crippen LogP contribution >= 0.6 is 15.9 Å². The first-order valence-electron chi connectivity index (χ1n) is 6.55. The lowest BCUT2D eigenvalue weighted by Gasteiger charge is -2.14. The van der Waals surface area contributed by atoms with Gasteiger partial charge in [0.1, 0.15) is 17.1 Å². The molecular formula is C16H14BrFO4S. The number of rotatable bonds is 5. The topological polar surface area (TPSA) is 52.6 Å². The minimum Gasteiger partial charge on any atom is -0.495 e. The van der Waals surface area contributed by atoms with Crippen LogP contribution < -0.4 is 4.74 Å². The van der Waals surface area contributed by atoms with Crippen molar-refractivity contribution in [1.29, 1.82) is 0 Å². The number of methoxy groups -OCH3 is 2. The fraction of sp³-hybridized carbons (Fsp3) is 0.188. The molecule has 0 saturated heterocycles. The maximum Gasteiger partial charge on any atom is 0.342 e. The Labute approximate surface area is 144 Å². The van der Waals surface area contributed by atoms with Gasteiger partial charge in [-0.05, 0) is 45.8 Å². The summed E-state index contributed by atoms with van der Waals surface area (Å²) in [5.41, 5.74) is 0.702. The molecule has 0 aliphatic rings. The lowest BCUT2D eigenvalue weighted by Crippen LogP contribution is -2.10. The van der Waals surface area contributed by atoms with Gasteiger partial charge in [-0.15, -0.1) is 0 Å². The quantitative estimate of drug-likeness (QED) is 0.718. The molecule has 0 radical (unpaired) electrons. The van der Waals surface area contributed by atoms with Gasteiger partial charge >= 0.3 is 5.97 Å². The van der Waals surface area contributed by atoms with Gasteiger partial charge in [-0.2, -0.15) is 0 Å². The summed E-state index contributed by atoms with van der Waals surface area (Å²) in [6.45, 7) is 0. The van der Waals surface area contributed by atoms with Crippen LogP contribution in [0.15, 0.2) is 45.8 Å². The summed E-state index contributed by atoms with van der Waals surface area (Å²) in [6.07, 6.45) is 0. The molecule has 2 aromatic carbocycles. The zero-order chi connectivity index (χ0) is 17.0. The van der Waals surface area contributed by atoms with Crippen molar-refractivity contribution in [2.75, 3.05) is 14.2 Å². The van der Waals surface area contributed by atoms with Gasteiger partial charge in [0, 0.05) is 4.90 Å². The first kappa shape index (κ1) is 17.6. The van der Waals surface area contributed by atoms with E-state index >= 15 is 0 Å². The molecule has 23 heavy (non-hydrogen) atoms. The second-order valence-corrected chi connectivity index (χ2v) is 6.86. The Bertz CT molecular complexity index is 764. The third-order valence-electron chi connectivity index (χ3n) is 3.14.